The van der Waals surface area contributed by atoms with E-state index in [1.165, 1.54) is 6.33 Å². The number of carbonyl (C=O) groups is 1. The molecular weight excluding hydrogens is 376 g/mol. The van der Waals surface area contributed by atoms with E-state index in [4.69, 9.17) is 16.3 Å². The van der Waals surface area contributed by atoms with Crippen molar-refractivity contribution in [3.8, 4) is 5.75 Å². The lowest BCUT2D eigenvalue weighted by Crippen LogP contribution is -2.27. The molecule has 0 fully saturated rings. The van der Waals surface area contributed by atoms with Gasteiger partial charge in [0, 0.05) is 21.9 Å². The quantitative estimate of drug-likeness (QED) is 0.695. The second-order valence-corrected chi connectivity index (χ2v) is 7.01. The van der Waals surface area contributed by atoms with Crippen LogP contribution in [0.1, 0.15) is 31.0 Å². The van der Waals surface area contributed by atoms with Crippen LogP contribution in [-0.4, -0.2) is 20.5 Å². The number of ether oxygens (including phenoxy) is 1. The molecule has 2 heterocycles. The minimum atomic E-state index is -0.361. The van der Waals surface area contributed by atoms with Crippen LogP contribution in [0, 0.1) is 0 Å². The topological polar surface area (TPSA) is 69.0 Å². The largest absolute Gasteiger partial charge is 0.489 e. The highest BCUT2D eigenvalue weighted by Crippen LogP contribution is 2.36. The fourth-order valence-electron chi connectivity index (χ4n) is 3.41. The standard InChI is InChI=1S/C21H19ClN4O2/c1-13-19(14(2)27)20(26-21(25-13)23-12-24-26)15-7-5-8-17(10-15)28-11-16-6-3-4-9-18(16)22/h3-10,12,20H,11H2,1-2H3,(H,23,24,25). The zero-order valence-electron chi connectivity index (χ0n) is 15.5. The molecular formula is C21H19ClN4O2. The fraction of sp³-hybridized carbons (Fsp3) is 0.190. The predicted molar refractivity (Wildman–Crippen MR) is 107 cm³/mol. The molecule has 0 radical (unpaired) electrons. The highest BCUT2D eigenvalue weighted by Gasteiger charge is 2.31. The van der Waals surface area contributed by atoms with E-state index in [1.807, 2.05) is 55.5 Å². The van der Waals surface area contributed by atoms with Gasteiger partial charge in [-0.15, -0.1) is 0 Å². The van der Waals surface area contributed by atoms with Gasteiger partial charge in [-0.25, -0.2) is 4.68 Å². The van der Waals surface area contributed by atoms with Crippen molar-refractivity contribution in [2.24, 2.45) is 0 Å². The minimum Gasteiger partial charge on any atom is -0.489 e. The summed E-state index contributed by atoms with van der Waals surface area (Å²) in [7, 11) is 0. The third-order valence-corrected chi connectivity index (χ3v) is 5.07. The molecule has 28 heavy (non-hydrogen) atoms. The molecule has 0 spiro atoms. The van der Waals surface area contributed by atoms with Crippen LogP contribution in [0.3, 0.4) is 0 Å². The van der Waals surface area contributed by atoms with Gasteiger partial charge in [0.25, 0.3) is 0 Å². The number of benzene rings is 2. The number of hydrogen-bond donors (Lipinski definition) is 1. The predicted octanol–water partition coefficient (Wildman–Crippen LogP) is 4.39. The molecule has 3 aromatic rings. The van der Waals surface area contributed by atoms with Crippen molar-refractivity contribution in [2.45, 2.75) is 26.5 Å². The van der Waals surface area contributed by atoms with E-state index >= 15 is 0 Å². The Morgan fingerprint density at radius 1 is 1.25 bits per heavy atom. The molecule has 0 saturated heterocycles. The molecule has 1 aromatic heterocycles. The molecule has 1 unspecified atom stereocenters. The van der Waals surface area contributed by atoms with E-state index in [0.29, 0.717) is 28.9 Å². The van der Waals surface area contributed by atoms with E-state index in [9.17, 15) is 4.79 Å². The van der Waals surface area contributed by atoms with Crippen LogP contribution in [-0.2, 0) is 11.4 Å². The lowest BCUT2D eigenvalue weighted by atomic mass is 9.93. The van der Waals surface area contributed by atoms with Crippen molar-refractivity contribution in [1.29, 1.82) is 0 Å². The molecule has 1 atom stereocenters. The average molecular weight is 395 g/mol. The summed E-state index contributed by atoms with van der Waals surface area (Å²) in [6, 6.07) is 14.9. The van der Waals surface area contributed by atoms with Crippen molar-refractivity contribution < 1.29 is 9.53 Å². The number of hydrogen-bond acceptors (Lipinski definition) is 5. The number of fused-ring (bicyclic) bond motifs is 1. The van der Waals surface area contributed by atoms with Crippen LogP contribution in [0.4, 0.5) is 5.95 Å². The van der Waals surface area contributed by atoms with Crippen LogP contribution in [0.25, 0.3) is 0 Å². The monoisotopic (exact) mass is 394 g/mol. The molecule has 0 amide bonds. The number of allylic oxidation sites excluding steroid dienone is 2. The molecule has 1 aliphatic heterocycles. The molecule has 142 valence electrons. The lowest BCUT2D eigenvalue weighted by Gasteiger charge is -2.28. The van der Waals surface area contributed by atoms with E-state index in [-0.39, 0.29) is 11.8 Å². The summed E-state index contributed by atoms with van der Waals surface area (Å²) in [4.78, 5) is 16.6. The zero-order chi connectivity index (χ0) is 19.7. The van der Waals surface area contributed by atoms with Crippen LogP contribution in [0.5, 0.6) is 5.75 Å². The minimum absolute atomic E-state index is 0.0152. The molecule has 2 aromatic carbocycles. The number of ketones is 1. The molecule has 0 bridgehead atoms. The summed E-state index contributed by atoms with van der Waals surface area (Å²) in [6.07, 6.45) is 1.48. The van der Waals surface area contributed by atoms with Gasteiger partial charge < -0.3 is 10.1 Å². The summed E-state index contributed by atoms with van der Waals surface area (Å²) in [6.45, 7) is 3.80. The van der Waals surface area contributed by atoms with Crippen molar-refractivity contribution in [3.05, 3.63) is 82.3 Å². The van der Waals surface area contributed by atoms with Gasteiger partial charge in [-0.3, -0.25) is 4.79 Å². The van der Waals surface area contributed by atoms with Crippen molar-refractivity contribution in [2.75, 3.05) is 5.32 Å². The van der Waals surface area contributed by atoms with Gasteiger partial charge in [0.05, 0.1) is 0 Å². The SMILES string of the molecule is CC(=O)C1=C(C)Nc2ncnn2C1c1cccc(OCc2ccccc2Cl)c1. The maximum Gasteiger partial charge on any atom is 0.226 e. The molecule has 7 heteroatoms. The number of nitrogens with zero attached hydrogens (tertiary/aromatic N) is 3. The number of rotatable bonds is 5. The fourth-order valence-corrected chi connectivity index (χ4v) is 3.60. The maximum absolute atomic E-state index is 12.4. The van der Waals surface area contributed by atoms with Crippen molar-refractivity contribution in [3.63, 3.8) is 0 Å². The normalized spacial score (nSPS) is 15.8. The van der Waals surface area contributed by atoms with Gasteiger partial charge in [-0.05, 0) is 37.6 Å². The Balaban J connectivity index is 1.67. The summed E-state index contributed by atoms with van der Waals surface area (Å²) in [5, 5.41) is 8.12. The van der Waals surface area contributed by atoms with Gasteiger partial charge >= 0.3 is 0 Å². The van der Waals surface area contributed by atoms with Crippen LogP contribution >= 0.6 is 11.6 Å². The number of nitrogens with one attached hydrogen (secondary N) is 1. The zero-order valence-corrected chi connectivity index (χ0v) is 16.3. The summed E-state index contributed by atoms with van der Waals surface area (Å²) in [5.41, 5.74) is 3.24. The van der Waals surface area contributed by atoms with Crippen molar-refractivity contribution in [1.82, 2.24) is 14.8 Å². The Bertz CT molecular complexity index is 1070. The Morgan fingerprint density at radius 2 is 2.07 bits per heavy atom. The third kappa shape index (κ3) is 3.39. The number of anilines is 1. The molecule has 0 aliphatic carbocycles. The molecule has 6 nitrogen and oxygen atoms in total. The molecule has 0 saturated carbocycles. The number of Topliss-reactive ketones (excluding diaryl/α,β-unsaturated/α-hetero) is 1. The molecule has 1 N–H and O–H groups in total. The molecule has 4 rings (SSSR count). The smallest absolute Gasteiger partial charge is 0.226 e. The number of carbonyl (C=O) groups excluding carboxylic acids is 1. The maximum atomic E-state index is 12.4. The summed E-state index contributed by atoms with van der Waals surface area (Å²) < 4.78 is 7.67. The second kappa shape index (κ2) is 7.48. The number of halogens is 1. The average Bonchev–Trinajstić information content (AvgIpc) is 3.14. The van der Waals surface area contributed by atoms with E-state index in [0.717, 1.165) is 16.8 Å². The first-order chi connectivity index (χ1) is 13.5. The van der Waals surface area contributed by atoms with Crippen molar-refractivity contribution >= 4 is 23.3 Å². The Hall–Kier alpha value is -3.12. The first-order valence-electron chi connectivity index (χ1n) is 8.89. The van der Waals surface area contributed by atoms with Crippen LogP contribution in [0.2, 0.25) is 5.02 Å². The Labute approximate surface area is 167 Å². The number of aromatic nitrogens is 3. The highest BCUT2D eigenvalue weighted by atomic mass is 35.5. The summed E-state index contributed by atoms with van der Waals surface area (Å²) >= 11 is 6.21. The van der Waals surface area contributed by atoms with E-state index in [1.54, 1.807) is 11.6 Å². The van der Waals surface area contributed by atoms with Gasteiger partial charge in [0.15, 0.2) is 5.78 Å². The van der Waals surface area contributed by atoms with Crippen LogP contribution in [0.15, 0.2) is 66.1 Å². The highest BCUT2D eigenvalue weighted by molar-refractivity contribution is 6.31. The Kier molecular flexibility index (Phi) is 4.88. The van der Waals surface area contributed by atoms with E-state index < -0.39 is 0 Å². The van der Waals surface area contributed by atoms with Gasteiger partial charge in [0.2, 0.25) is 5.95 Å². The first-order valence-corrected chi connectivity index (χ1v) is 9.27. The molecule has 1 aliphatic rings. The van der Waals surface area contributed by atoms with Gasteiger partial charge in [-0.1, -0.05) is 41.9 Å². The van der Waals surface area contributed by atoms with Crippen LogP contribution < -0.4 is 10.1 Å². The first kappa shape index (κ1) is 18.3. The lowest BCUT2D eigenvalue weighted by molar-refractivity contribution is -0.114. The second-order valence-electron chi connectivity index (χ2n) is 6.60. The Morgan fingerprint density at radius 3 is 2.86 bits per heavy atom. The van der Waals surface area contributed by atoms with Gasteiger partial charge in [-0.2, -0.15) is 10.1 Å². The summed E-state index contributed by atoms with van der Waals surface area (Å²) in [5.74, 6) is 1.28. The third-order valence-electron chi connectivity index (χ3n) is 4.70. The van der Waals surface area contributed by atoms with E-state index in [2.05, 4.69) is 15.4 Å². The van der Waals surface area contributed by atoms with Gasteiger partial charge in [0.1, 0.15) is 24.7 Å².